The summed E-state index contributed by atoms with van der Waals surface area (Å²) in [6, 6.07) is 4.03. The molecule has 1 aliphatic carbocycles. The van der Waals surface area contributed by atoms with Crippen LogP contribution >= 0.6 is 0 Å². The Labute approximate surface area is 237 Å². The molecule has 13 heteroatoms. The van der Waals surface area contributed by atoms with E-state index in [1.807, 2.05) is 17.2 Å². The fourth-order valence-corrected chi connectivity index (χ4v) is 8.30. The van der Waals surface area contributed by atoms with E-state index in [9.17, 15) is 13.2 Å². The topological polar surface area (TPSA) is 165 Å². The molecule has 0 spiro atoms. The number of sulfone groups is 1. The summed E-state index contributed by atoms with van der Waals surface area (Å²) in [6.07, 6.45) is 15.0. The summed E-state index contributed by atoms with van der Waals surface area (Å²) >= 11 is 0. The largest absolute Gasteiger partial charge is 0.382 e. The number of anilines is 1. The van der Waals surface area contributed by atoms with E-state index in [-0.39, 0.29) is 40.4 Å². The lowest BCUT2D eigenvalue weighted by Gasteiger charge is -2.38. The standard InChI is InChI=1S/C28H33N9O3S/c1-41(39,40)24-23(18-11-19-8-9-20(12-18)36(19)28(38)26-31-15-32-35-26)34-27-21(14-33-37(27)25(24)29)17-7-10-22(30-13-17)16-5-3-2-4-6-16/h7,10,13-16,18-20H,2-6,8-9,11-12,29H2,1H3,(H,31,32,35)/t18?,19-,20+. The van der Waals surface area contributed by atoms with Crippen molar-refractivity contribution in [2.24, 2.45) is 0 Å². The number of pyridine rings is 1. The van der Waals surface area contributed by atoms with Gasteiger partial charge in [0.25, 0.3) is 5.91 Å². The van der Waals surface area contributed by atoms with Crippen LogP contribution in [0.5, 0.6) is 0 Å². The van der Waals surface area contributed by atoms with Gasteiger partial charge < -0.3 is 10.6 Å². The number of carbonyl (C=O) groups excluding carboxylic acids is 1. The van der Waals surface area contributed by atoms with E-state index < -0.39 is 9.84 Å². The van der Waals surface area contributed by atoms with E-state index in [2.05, 4.69) is 26.3 Å². The summed E-state index contributed by atoms with van der Waals surface area (Å²) in [4.78, 5) is 28.9. The normalized spacial score (nSPS) is 23.3. The zero-order valence-electron chi connectivity index (χ0n) is 22.9. The number of fused-ring (bicyclic) bond motifs is 3. The molecule has 3 fully saturated rings. The molecule has 4 aromatic rings. The number of hydrogen-bond donors (Lipinski definition) is 2. The van der Waals surface area contributed by atoms with E-state index in [0.29, 0.717) is 30.1 Å². The van der Waals surface area contributed by atoms with Crippen LogP contribution < -0.4 is 5.73 Å². The molecule has 1 saturated carbocycles. The van der Waals surface area contributed by atoms with Crippen molar-refractivity contribution >= 4 is 27.2 Å². The van der Waals surface area contributed by atoms with Gasteiger partial charge in [0.2, 0.25) is 5.82 Å². The van der Waals surface area contributed by atoms with E-state index in [0.717, 1.165) is 35.9 Å². The van der Waals surface area contributed by atoms with E-state index in [4.69, 9.17) is 15.7 Å². The highest BCUT2D eigenvalue weighted by Gasteiger charge is 2.46. The van der Waals surface area contributed by atoms with E-state index >= 15 is 0 Å². The first-order valence-electron chi connectivity index (χ1n) is 14.3. The van der Waals surface area contributed by atoms with Crippen LogP contribution in [0.1, 0.15) is 91.6 Å². The van der Waals surface area contributed by atoms with E-state index in [1.165, 1.54) is 42.9 Å². The van der Waals surface area contributed by atoms with Crippen molar-refractivity contribution in [3.05, 3.63) is 48.1 Å². The predicted molar refractivity (Wildman–Crippen MR) is 151 cm³/mol. The third-order valence-electron chi connectivity index (χ3n) is 9.13. The Morgan fingerprint density at radius 1 is 1.00 bits per heavy atom. The molecular weight excluding hydrogens is 542 g/mol. The van der Waals surface area contributed by atoms with Crippen LogP contribution in [0.4, 0.5) is 5.82 Å². The molecule has 3 aliphatic rings. The second-order valence-corrected chi connectivity index (χ2v) is 13.6. The maximum atomic E-state index is 13.2. The van der Waals surface area contributed by atoms with Crippen molar-refractivity contribution in [3.63, 3.8) is 0 Å². The van der Waals surface area contributed by atoms with Crippen molar-refractivity contribution in [2.75, 3.05) is 12.0 Å². The summed E-state index contributed by atoms with van der Waals surface area (Å²) in [5.41, 5.74) is 10.2. The first-order valence-corrected chi connectivity index (χ1v) is 16.2. The molecule has 0 aromatic carbocycles. The lowest BCUT2D eigenvalue weighted by Crippen LogP contribution is -2.46. The molecule has 2 bridgehead atoms. The summed E-state index contributed by atoms with van der Waals surface area (Å²) in [6.45, 7) is 0. The average Bonchev–Trinajstić information content (AvgIpc) is 3.71. The molecule has 41 heavy (non-hydrogen) atoms. The highest BCUT2D eigenvalue weighted by atomic mass is 32.2. The Bertz CT molecular complexity index is 1700. The molecule has 6 heterocycles. The van der Waals surface area contributed by atoms with Gasteiger partial charge in [-0.25, -0.2) is 18.4 Å². The van der Waals surface area contributed by atoms with Crippen LogP contribution in [-0.4, -0.2) is 72.3 Å². The minimum absolute atomic E-state index is 0.0184. The SMILES string of the molecule is CS(=O)(=O)c1c(C2C[C@H]3CC[C@@H](C2)N3C(=O)c2ncn[nH]2)nc2c(-c3ccc(C4CCCCC4)nc3)cnn2c1N. The first-order chi connectivity index (χ1) is 19.8. The lowest BCUT2D eigenvalue weighted by atomic mass is 9.86. The van der Waals surface area contributed by atoms with Crippen LogP contribution in [0.3, 0.4) is 0 Å². The highest BCUT2D eigenvalue weighted by Crippen LogP contribution is 2.45. The van der Waals surface area contributed by atoms with Gasteiger partial charge in [0.1, 0.15) is 17.0 Å². The Kier molecular flexibility index (Phi) is 6.29. The van der Waals surface area contributed by atoms with Gasteiger partial charge in [-0.15, -0.1) is 0 Å². The monoisotopic (exact) mass is 575 g/mol. The predicted octanol–water partition coefficient (Wildman–Crippen LogP) is 3.49. The molecule has 2 saturated heterocycles. The van der Waals surface area contributed by atoms with Gasteiger partial charge in [0.05, 0.1) is 11.9 Å². The van der Waals surface area contributed by atoms with Gasteiger partial charge in [-0.2, -0.15) is 14.7 Å². The molecule has 214 valence electrons. The fourth-order valence-electron chi connectivity index (χ4n) is 7.25. The molecule has 2 aliphatic heterocycles. The number of H-pyrrole nitrogens is 1. The summed E-state index contributed by atoms with van der Waals surface area (Å²) in [5.74, 6) is 0.405. The van der Waals surface area contributed by atoms with Crippen molar-refractivity contribution in [3.8, 4) is 11.1 Å². The minimum Gasteiger partial charge on any atom is -0.382 e. The van der Waals surface area contributed by atoms with Crippen LogP contribution in [0.15, 0.2) is 35.7 Å². The molecule has 1 amide bonds. The highest BCUT2D eigenvalue weighted by molar-refractivity contribution is 7.91. The zero-order valence-corrected chi connectivity index (χ0v) is 23.7. The quantitative estimate of drug-likeness (QED) is 0.362. The number of nitrogens with two attached hydrogens (primary N) is 1. The fraction of sp³-hybridized carbons (Fsp3) is 0.500. The number of piperidine rings is 1. The third-order valence-corrected chi connectivity index (χ3v) is 10.3. The molecule has 3 atom stereocenters. The third kappa shape index (κ3) is 4.46. The number of rotatable bonds is 5. The number of aromatic amines is 1. The van der Waals surface area contributed by atoms with Crippen molar-refractivity contribution in [2.45, 2.75) is 86.6 Å². The Morgan fingerprint density at radius 2 is 1.76 bits per heavy atom. The summed E-state index contributed by atoms with van der Waals surface area (Å²) in [5, 5.41) is 10.9. The Balaban J connectivity index is 1.26. The van der Waals surface area contributed by atoms with Crippen LogP contribution in [-0.2, 0) is 9.84 Å². The van der Waals surface area contributed by atoms with Crippen LogP contribution in [0, 0.1) is 0 Å². The maximum absolute atomic E-state index is 13.2. The van der Waals surface area contributed by atoms with Gasteiger partial charge in [-0.05, 0) is 44.6 Å². The molecule has 1 unspecified atom stereocenters. The number of amides is 1. The second kappa shape index (κ2) is 9.89. The number of nitrogens with one attached hydrogen (secondary N) is 1. The minimum atomic E-state index is -3.72. The molecule has 7 rings (SSSR count). The second-order valence-electron chi connectivity index (χ2n) is 11.7. The first kappa shape index (κ1) is 26.1. The smallest absolute Gasteiger partial charge is 0.291 e. The molecular formula is C28H33N9O3S. The maximum Gasteiger partial charge on any atom is 0.291 e. The Morgan fingerprint density at radius 3 is 2.39 bits per heavy atom. The zero-order chi connectivity index (χ0) is 28.3. The number of nitrogen functional groups attached to an aromatic ring is 1. The van der Waals surface area contributed by atoms with Gasteiger partial charge >= 0.3 is 0 Å². The van der Waals surface area contributed by atoms with Gasteiger partial charge in [0.15, 0.2) is 15.5 Å². The van der Waals surface area contributed by atoms with Crippen molar-refractivity contribution < 1.29 is 13.2 Å². The van der Waals surface area contributed by atoms with Gasteiger partial charge in [-0.1, -0.05) is 25.3 Å². The number of hydrogen-bond acceptors (Lipinski definition) is 9. The molecule has 3 N–H and O–H groups in total. The number of carbonyl (C=O) groups is 1. The van der Waals surface area contributed by atoms with Crippen molar-refractivity contribution in [1.82, 2.24) is 39.7 Å². The molecule has 12 nitrogen and oxygen atoms in total. The van der Waals surface area contributed by atoms with Crippen LogP contribution in [0.25, 0.3) is 16.8 Å². The molecule has 0 radical (unpaired) electrons. The van der Waals surface area contributed by atoms with E-state index in [1.54, 1.807) is 6.20 Å². The van der Waals surface area contributed by atoms with Gasteiger partial charge in [-0.3, -0.25) is 14.9 Å². The Hall–Kier alpha value is -3.87. The average molecular weight is 576 g/mol. The van der Waals surface area contributed by atoms with Gasteiger partial charge in [0, 0.05) is 53.2 Å². The van der Waals surface area contributed by atoms with Crippen LogP contribution in [0.2, 0.25) is 0 Å². The molecule has 4 aromatic heterocycles. The summed E-state index contributed by atoms with van der Waals surface area (Å²) < 4.78 is 27.6. The van der Waals surface area contributed by atoms with Crippen molar-refractivity contribution in [1.29, 1.82) is 0 Å². The number of aromatic nitrogens is 7. The number of nitrogens with zero attached hydrogens (tertiary/aromatic N) is 7. The summed E-state index contributed by atoms with van der Waals surface area (Å²) in [7, 11) is -3.72. The lowest BCUT2D eigenvalue weighted by molar-refractivity contribution is 0.0556.